The molecule has 8 heteroatoms. The maximum absolute atomic E-state index is 14.6. The molecule has 3 fully saturated rings. The number of benzene rings is 3. The molecule has 6 nitrogen and oxygen atoms in total. The topological polar surface area (TPSA) is 89.5 Å². The van der Waals surface area contributed by atoms with E-state index in [1.165, 1.54) is 6.07 Å². The molecule has 3 aromatic carbocycles. The molecular weight excluding hydrogens is 534 g/mol. The number of aliphatic carboxylic acids is 1. The summed E-state index contributed by atoms with van der Waals surface area (Å²) in [6.07, 6.45) is 7.51. The average molecular weight is 567 g/mol. The number of nitrogens with one attached hydrogen (secondary N) is 3. The van der Waals surface area contributed by atoms with Crippen molar-refractivity contribution in [2.45, 2.75) is 44.3 Å². The molecule has 0 radical (unpaired) electrons. The summed E-state index contributed by atoms with van der Waals surface area (Å²) >= 11 is 0. The molecule has 8 rings (SSSR count). The van der Waals surface area contributed by atoms with Gasteiger partial charge in [0.05, 0.1) is 17.1 Å². The number of carbonyl (C=O) groups is 1. The molecule has 4 aromatic rings. The Labute approximate surface area is 242 Å². The third-order valence-electron chi connectivity index (χ3n) is 9.26. The summed E-state index contributed by atoms with van der Waals surface area (Å²) in [5, 5.41) is 17.7. The van der Waals surface area contributed by atoms with Crippen LogP contribution < -0.4 is 10.6 Å². The Morgan fingerprint density at radius 1 is 0.952 bits per heavy atom. The Hall–Kier alpha value is -4.30. The van der Waals surface area contributed by atoms with Crippen LogP contribution in [-0.2, 0) is 4.79 Å². The molecule has 0 spiro atoms. The van der Waals surface area contributed by atoms with Gasteiger partial charge in [0.25, 0.3) is 0 Å². The maximum atomic E-state index is 14.6. The minimum Gasteiger partial charge on any atom is -0.481 e. The minimum atomic E-state index is -0.879. The van der Waals surface area contributed by atoms with Crippen LogP contribution in [-0.4, -0.2) is 33.6 Å². The van der Waals surface area contributed by atoms with E-state index in [1.807, 2.05) is 55.5 Å². The van der Waals surface area contributed by atoms with Gasteiger partial charge in [0.2, 0.25) is 0 Å². The van der Waals surface area contributed by atoms with Crippen molar-refractivity contribution in [3.63, 3.8) is 0 Å². The maximum Gasteiger partial charge on any atom is 0.308 e. The number of hydrogen-bond acceptors (Lipinski definition) is 4. The first-order valence-electron chi connectivity index (χ1n) is 14.5. The number of carboxylic acid groups (broad SMARTS) is 1. The molecule has 1 aliphatic heterocycles. The van der Waals surface area contributed by atoms with Crippen LogP contribution in [0.3, 0.4) is 0 Å². The van der Waals surface area contributed by atoms with E-state index < -0.39 is 29.2 Å². The number of carboxylic acids is 1. The molecular formula is C34H32F2N4O2. The van der Waals surface area contributed by atoms with Crippen LogP contribution in [0, 0.1) is 29.4 Å². The molecule has 2 bridgehead atoms. The number of amidine groups is 1. The second-order valence-electron chi connectivity index (χ2n) is 12.0. The molecule has 4 aliphatic rings. The van der Waals surface area contributed by atoms with E-state index in [1.54, 1.807) is 6.20 Å². The second kappa shape index (κ2) is 10.2. The lowest BCUT2D eigenvalue weighted by molar-refractivity contribution is -0.150. The normalized spacial score (nSPS) is 26.9. The van der Waals surface area contributed by atoms with Gasteiger partial charge in [-0.2, -0.15) is 0 Å². The number of rotatable bonds is 6. The molecule has 214 valence electrons. The van der Waals surface area contributed by atoms with Crippen molar-refractivity contribution < 1.29 is 18.7 Å². The van der Waals surface area contributed by atoms with Crippen molar-refractivity contribution in [3.8, 4) is 11.1 Å². The van der Waals surface area contributed by atoms with Crippen LogP contribution in [0.15, 0.2) is 84.0 Å². The molecule has 3 saturated carbocycles. The van der Waals surface area contributed by atoms with E-state index >= 15 is 0 Å². The van der Waals surface area contributed by atoms with Gasteiger partial charge in [-0.05, 0) is 67.7 Å². The van der Waals surface area contributed by atoms with Crippen LogP contribution in [0.1, 0.15) is 43.7 Å². The highest BCUT2D eigenvalue weighted by atomic mass is 19.1. The molecule has 3 unspecified atom stereocenters. The predicted octanol–water partition coefficient (Wildman–Crippen LogP) is 6.70. The van der Waals surface area contributed by atoms with Crippen LogP contribution in [0.5, 0.6) is 0 Å². The quantitative estimate of drug-likeness (QED) is 0.209. The summed E-state index contributed by atoms with van der Waals surface area (Å²) in [5.41, 5.74) is 3.58. The van der Waals surface area contributed by atoms with Crippen molar-refractivity contribution in [2.24, 2.45) is 22.7 Å². The van der Waals surface area contributed by atoms with Gasteiger partial charge in [0, 0.05) is 34.8 Å². The molecule has 4 N–H and O–H groups in total. The van der Waals surface area contributed by atoms with Gasteiger partial charge in [0.15, 0.2) is 0 Å². The standard InChI is InChI=1S/C34H32F2N4O2/c1-34(39-30-23-13-11-22(12-14-23)29(30)33(41)42)17-28(21-9-7-20(8-10-21)19-5-3-2-4-6-19)38-32(40-34)26-18-37-31-25(26)15-24(35)16-27(31)36/h2-10,15-18,22-23,29-30,37,39H,11-14H2,1H3,(H,38,40)(H,41,42). The first kappa shape index (κ1) is 26.6. The number of nitrogens with zero attached hydrogens (tertiary/aromatic N) is 1. The first-order chi connectivity index (χ1) is 20.3. The summed E-state index contributed by atoms with van der Waals surface area (Å²) in [7, 11) is 0. The molecule has 3 aliphatic carbocycles. The van der Waals surface area contributed by atoms with Crippen molar-refractivity contribution in [2.75, 3.05) is 0 Å². The van der Waals surface area contributed by atoms with Crippen LogP contribution >= 0.6 is 0 Å². The SMILES string of the molecule is CC1(NC2C3CCC(CC3)C2C(=O)O)C=C(c2ccc(-c3ccccc3)cc2)N=C(c2c[nH]c3c(F)cc(F)cc23)N1. The van der Waals surface area contributed by atoms with Crippen molar-refractivity contribution >= 4 is 28.4 Å². The van der Waals surface area contributed by atoms with E-state index in [9.17, 15) is 18.7 Å². The third kappa shape index (κ3) is 4.69. The fourth-order valence-electron chi connectivity index (χ4n) is 7.26. The first-order valence-corrected chi connectivity index (χ1v) is 14.5. The monoisotopic (exact) mass is 566 g/mol. The Kier molecular flexibility index (Phi) is 6.46. The van der Waals surface area contributed by atoms with Gasteiger partial charge in [-0.3, -0.25) is 10.1 Å². The number of H-pyrrole nitrogens is 1. The largest absolute Gasteiger partial charge is 0.481 e. The highest BCUT2D eigenvalue weighted by Gasteiger charge is 2.49. The smallest absolute Gasteiger partial charge is 0.308 e. The Morgan fingerprint density at radius 2 is 1.62 bits per heavy atom. The molecule has 3 atom stereocenters. The number of halogens is 2. The molecule has 2 heterocycles. The average Bonchev–Trinajstić information content (AvgIpc) is 3.42. The zero-order valence-corrected chi connectivity index (χ0v) is 23.2. The van der Waals surface area contributed by atoms with Crippen LogP contribution in [0.25, 0.3) is 27.7 Å². The number of aliphatic imine (C=N–C) groups is 1. The molecule has 42 heavy (non-hydrogen) atoms. The van der Waals surface area contributed by atoms with Crippen LogP contribution in [0.4, 0.5) is 8.78 Å². The lowest BCUT2D eigenvalue weighted by Gasteiger charge is -2.50. The van der Waals surface area contributed by atoms with Gasteiger partial charge in [-0.15, -0.1) is 0 Å². The van der Waals surface area contributed by atoms with Gasteiger partial charge in [-0.25, -0.2) is 13.8 Å². The number of fused-ring (bicyclic) bond motifs is 4. The molecule has 1 aromatic heterocycles. The van der Waals surface area contributed by atoms with Crippen molar-refractivity contribution in [1.82, 2.24) is 15.6 Å². The van der Waals surface area contributed by atoms with Crippen molar-refractivity contribution in [1.29, 1.82) is 0 Å². The predicted molar refractivity (Wildman–Crippen MR) is 160 cm³/mol. The summed E-state index contributed by atoms with van der Waals surface area (Å²) in [6.45, 7) is 1.97. The lowest BCUT2D eigenvalue weighted by atomic mass is 9.61. The van der Waals surface area contributed by atoms with E-state index in [-0.39, 0.29) is 23.4 Å². The number of hydrogen-bond donors (Lipinski definition) is 4. The molecule has 0 amide bonds. The van der Waals surface area contributed by atoms with E-state index in [0.29, 0.717) is 22.5 Å². The van der Waals surface area contributed by atoms with E-state index in [2.05, 4.69) is 27.8 Å². The van der Waals surface area contributed by atoms with Gasteiger partial charge >= 0.3 is 5.97 Å². The summed E-state index contributed by atoms with van der Waals surface area (Å²) in [4.78, 5) is 20.3. The zero-order valence-electron chi connectivity index (χ0n) is 23.2. The third-order valence-corrected chi connectivity index (χ3v) is 9.26. The Morgan fingerprint density at radius 3 is 2.33 bits per heavy atom. The van der Waals surface area contributed by atoms with Gasteiger partial charge < -0.3 is 15.4 Å². The fraction of sp³-hybridized carbons (Fsp3) is 0.294. The summed E-state index contributed by atoms with van der Waals surface area (Å²) in [5.74, 6) is -1.74. The van der Waals surface area contributed by atoms with Gasteiger partial charge in [-0.1, -0.05) is 54.6 Å². The van der Waals surface area contributed by atoms with Crippen LogP contribution in [0.2, 0.25) is 0 Å². The highest BCUT2D eigenvalue weighted by molar-refractivity contribution is 6.12. The van der Waals surface area contributed by atoms with E-state index in [0.717, 1.165) is 48.4 Å². The second-order valence-corrected chi connectivity index (χ2v) is 12.0. The Bertz CT molecular complexity index is 1720. The van der Waals surface area contributed by atoms with Crippen molar-refractivity contribution in [3.05, 3.63) is 102 Å². The lowest BCUT2D eigenvalue weighted by Crippen LogP contribution is -2.66. The highest BCUT2D eigenvalue weighted by Crippen LogP contribution is 2.46. The zero-order chi connectivity index (χ0) is 29.0. The minimum absolute atomic E-state index is 0.152. The number of aromatic amines is 1. The van der Waals surface area contributed by atoms with Gasteiger partial charge in [0.1, 0.15) is 23.1 Å². The fourth-order valence-corrected chi connectivity index (χ4v) is 7.26. The summed E-state index contributed by atoms with van der Waals surface area (Å²) < 4.78 is 28.9. The van der Waals surface area contributed by atoms with E-state index in [4.69, 9.17) is 4.99 Å². The summed E-state index contributed by atoms with van der Waals surface area (Å²) in [6, 6.07) is 20.2. The molecule has 0 saturated heterocycles. The number of aromatic nitrogens is 1. The Balaban J connectivity index is 1.30.